The molecule has 0 aliphatic carbocycles. The average Bonchev–Trinajstić information content (AvgIpc) is 2.55. The lowest BCUT2D eigenvalue weighted by Crippen LogP contribution is -2.21. The van der Waals surface area contributed by atoms with Crippen molar-refractivity contribution in [3.63, 3.8) is 0 Å². The van der Waals surface area contributed by atoms with Crippen LogP contribution in [0.1, 0.15) is 17.3 Å². The number of carbonyl (C=O) groups is 2. The third-order valence-electron chi connectivity index (χ3n) is 2.99. The Morgan fingerprint density at radius 2 is 1.88 bits per heavy atom. The number of aromatic carboxylic acids is 1. The van der Waals surface area contributed by atoms with Crippen LogP contribution in [-0.4, -0.2) is 30.2 Å². The van der Waals surface area contributed by atoms with Crippen LogP contribution in [0.5, 0.6) is 11.5 Å². The third-order valence-corrected chi connectivity index (χ3v) is 3.23. The number of halogens is 1. The van der Waals surface area contributed by atoms with Gasteiger partial charge in [-0.05, 0) is 37.3 Å². The summed E-state index contributed by atoms with van der Waals surface area (Å²) in [5.74, 6) is -1.01. The smallest absolute Gasteiger partial charge is 0.339 e. The first-order valence-corrected chi connectivity index (χ1v) is 7.56. The molecule has 24 heavy (non-hydrogen) atoms. The maximum atomic E-state index is 12.0. The number of ether oxygens (including phenoxy) is 2. The van der Waals surface area contributed by atoms with E-state index in [2.05, 4.69) is 5.32 Å². The predicted octanol–water partition coefficient (Wildman–Crippen LogP) is 3.45. The van der Waals surface area contributed by atoms with Crippen LogP contribution in [0, 0.1) is 0 Å². The van der Waals surface area contributed by atoms with E-state index in [4.69, 9.17) is 26.2 Å². The Bertz CT molecular complexity index is 748. The molecule has 2 aromatic rings. The second-order valence-electron chi connectivity index (χ2n) is 4.71. The number of nitrogens with one attached hydrogen (secondary N) is 1. The van der Waals surface area contributed by atoms with Crippen LogP contribution in [0.15, 0.2) is 42.5 Å². The molecular formula is C17H16ClNO5. The first kappa shape index (κ1) is 17.6. The van der Waals surface area contributed by atoms with Crippen molar-refractivity contribution in [2.75, 3.05) is 18.5 Å². The molecular weight excluding hydrogens is 334 g/mol. The minimum Gasteiger partial charge on any atom is -0.492 e. The Labute approximate surface area is 144 Å². The highest BCUT2D eigenvalue weighted by atomic mass is 35.5. The predicted molar refractivity (Wildman–Crippen MR) is 90.1 cm³/mol. The van der Waals surface area contributed by atoms with Gasteiger partial charge in [0.05, 0.1) is 12.3 Å². The van der Waals surface area contributed by atoms with Crippen LogP contribution in [0.3, 0.4) is 0 Å². The van der Waals surface area contributed by atoms with E-state index in [0.29, 0.717) is 18.0 Å². The Morgan fingerprint density at radius 3 is 2.58 bits per heavy atom. The molecule has 0 saturated heterocycles. The molecule has 0 saturated carbocycles. The third kappa shape index (κ3) is 4.63. The SMILES string of the molecule is CCOc1ccccc1NC(=O)COc1ccc(Cl)cc1C(=O)O. The van der Waals surface area contributed by atoms with Crippen LogP contribution >= 0.6 is 11.6 Å². The van der Waals surface area contributed by atoms with Gasteiger partial charge in [-0.1, -0.05) is 23.7 Å². The molecule has 7 heteroatoms. The number of carboxylic acid groups (broad SMARTS) is 1. The molecule has 2 N–H and O–H groups in total. The number of amides is 1. The summed E-state index contributed by atoms with van der Waals surface area (Å²) >= 11 is 5.77. The number of hydrogen-bond donors (Lipinski definition) is 2. The van der Waals surface area contributed by atoms with Crippen molar-refractivity contribution >= 4 is 29.2 Å². The largest absolute Gasteiger partial charge is 0.492 e. The van der Waals surface area contributed by atoms with Crippen LogP contribution < -0.4 is 14.8 Å². The van der Waals surface area contributed by atoms with E-state index in [-0.39, 0.29) is 22.9 Å². The van der Waals surface area contributed by atoms with Crippen LogP contribution in [0.4, 0.5) is 5.69 Å². The van der Waals surface area contributed by atoms with Crippen molar-refractivity contribution in [1.82, 2.24) is 0 Å². The molecule has 2 rings (SSSR count). The van der Waals surface area contributed by atoms with E-state index >= 15 is 0 Å². The van der Waals surface area contributed by atoms with Gasteiger partial charge in [-0.15, -0.1) is 0 Å². The lowest BCUT2D eigenvalue weighted by molar-refractivity contribution is -0.118. The van der Waals surface area contributed by atoms with E-state index in [1.54, 1.807) is 24.3 Å². The van der Waals surface area contributed by atoms with Gasteiger partial charge in [-0.3, -0.25) is 4.79 Å². The van der Waals surface area contributed by atoms with Gasteiger partial charge in [-0.2, -0.15) is 0 Å². The maximum absolute atomic E-state index is 12.0. The van der Waals surface area contributed by atoms with Gasteiger partial charge in [0.1, 0.15) is 17.1 Å². The van der Waals surface area contributed by atoms with Gasteiger partial charge in [0.15, 0.2) is 6.61 Å². The Hall–Kier alpha value is -2.73. The van der Waals surface area contributed by atoms with E-state index in [1.165, 1.54) is 18.2 Å². The number of rotatable bonds is 7. The van der Waals surface area contributed by atoms with Crippen molar-refractivity contribution in [3.8, 4) is 11.5 Å². The number of hydrogen-bond acceptors (Lipinski definition) is 4. The molecule has 0 radical (unpaired) electrons. The van der Waals surface area contributed by atoms with Crippen molar-refractivity contribution in [1.29, 1.82) is 0 Å². The highest BCUT2D eigenvalue weighted by Crippen LogP contribution is 2.25. The molecule has 1 amide bonds. The van der Waals surface area contributed by atoms with Crippen molar-refractivity contribution in [2.24, 2.45) is 0 Å². The van der Waals surface area contributed by atoms with Gasteiger partial charge in [0.25, 0.3) is 5.91 Å². The van der Waals surface area contributed by atoms with Crippen molar-refractivity contribution in [3.05, 3.63) is 53.1 Å². The summed E-state index contributed by atoms with van der Waals surface area (Å²) < 4.78 is 10.7. The zero-order valence-electron chi connectivity index (χ0n) is 12.9. The molecule has 126 valence electrons. The summed E-state index contributed by atoms with van der Waals surface area (Å²) in [6, 6.07) is 11.2. The number of para-hydroxylation sites is 2. The first-order chi connectivity index (χ1) is 11.5. The van der Waals surface area contributed by atoms with Gasteiger partial charge < -0.3 is 19.9 Å². The minimum atomic E-state index is -1.19. The molecule has 0 fully saturated rings. The highest BCUT2D eigenvalue weighted by molar-refractivity contribution is 6.31. The number of anilines is 1. The molecule has 2 aromatic carbocycles. The molecule has 6 nitrogen and oxygen atoms in total. The Balaban J connectivity index is 2.03. The molecule has 0 atom stereocenters. The fraction of sp³-hybridized carbons (Fsp3) is 0.176. The topological polar surface area (TPSA) is 84.9 Å². The van der Waals surface area contributed by atoms with Gasteiger partial charge in [-0.25, -0.2) is 4.79 Å². The summed E-state index contributed by atoms with van der Waals surface area (Å²) in [5, 5.41) is 12.1. The van der Waals surface area contributed by atoms with Crippen molar-refractivity contribution < 1.29 is 24.2 Å². The van der Waals surface area contributed by atoms with E-state index in [9.17, 15) is 9.59 Å². The molecule has 0 aliphatic heterocycles. The van der Waals surface area contributed by atoms with Crippen LogP contribution in [-0.2, 0) is 4.79 Å². The second-order valence-corrected chi connectivity index (χ2v) is 5.15. The molecule has 0 unspecified atom stereocenters. The fourth-order valence-corrected chi connectivity index (χ4v) is 2.15. The first-order valence-electron chi connectivity index (χ1n) is 7.18. The minimum absolute atomic E-state index is 0.0696. The zero-order chi connectivity index (χ0) is 17.5. The summed E-state index contributed by atoms with van der Waals surface area (Å²) in [7, 11) is 0. The quantitative estimate of drug-likeness (QED) is 0.799. The number of carboxylic acids is 1. The van der Waals surface area contributed by atoms with Crippen LogP contribution in [0.25, 0.3) is 0 Å². The van der Waals surface area contributed by atoms with E-state index < -0.39 is 11.9 Å². The average molecular weight is 350 g/mol. The molecule has 0 aliphatic rings. The van der Waals surface area contributed by atoms with Crippen LogP contribution in [0.2, 0.25) is 5.02 Å². The maximum Gasteiger partial charge on any atom is 0.339 e. The highest BCUT2D eigenvalue weighted by Gasteiger charge is 2.14. The summed E-state index contributed by atoms with van der Waals surface area (Å²) in [4.78, 5) is 23.2. The standard InChI is InChI=1S/C17H16ClNO5/c1-2-23-15-6-4-3-5-13(15)19-16(20)10-24-14-8-7-11(18)9-12(14)17(21)22/h3-9H,2,10H2,1H3,(H,19,20)(H,21,22). The van der Waals surface area contributed by atoms with Gasteiger partial charge in [0.2, 0.25) is 0 Å². The monoisotopic (exact) mass is 349 g/mol. The van der Waals surface area contributed by atoms with Gasteiger partial charge in [0, 0.05) is 5.02 Å². The Kier molecular flexibility index (Phi) is 6.03. The fourth-order valence-electron chi connectivity index (χ4n) is 1.98. The molecule has 0 bridgehead atoms. The second kappa shape index (κ2) is 8.21. The lowest BCUT2D eigenvalue weighted by Gasteiger charge is -2.12. The van der Waals surface area contributed by atoms with E-state index in [1.807, 2.05) is 6.92 Å². The summed E-state index contributed by atoms with van der Waals surface area (Å²) in [6.07, 6.45) is 0. The van der Waals surface area contributed by atoms with Crippen molar-refractivity contribution in [2.45, 2.75) is 6.92 Å². The van der Waals surface area contributed by atoms with Gasteiger partial charge >= 0.3 is 5.97 Å². The zero-order valence-corrected chi connectivity index (χ0v) is 13.7. The molecule has 0 spiro atoms. The Morgan fingerprint density at radius 1 is 1.12 bits per heavy atom. The molecule has 0 heterocycles. The number of carbonyl (C=O) groups excluding carboxylic acids is 1. The summed E-state index contributed by atoms with van der Waals surface area (Å²) in [5.41, 5.74) is 0.410. The molecule has 0 aromatic heterocycles. The normalized spacial score (nSPS) is 10.1. The number of benzene rings is 2. The summed E-state index contributed by atoms with van der Waals surface area (Å²) in [6.45, 7) is 1.97. The van der Waals surface area contributed by atoms with E-state index in [0.717, 1.165) is 0 Å². The lowest BCUT2D eigenvalue weighted by atomic mass is 10.2.